The largest absolute Gasteiger partial charge is 0.508 e. The normalized spacial score (nSPS) is 10.2. The molecule has 0 radical (unpaired) electrons. The summed E-state index contributed by atoms with van der Waals surface area (Å²) in [6, 6.07) is 6.85. The third kappa shape index (κ3) is 2.63. The lowest BCUT2D eigenvalue weighted by atomic mass is 10.2. The van der Waals surface area contributed by atoms with Crippen LogP contribution in [0.2, 0.25) is 0 Å². The summed E-state index contributed by atoms with van der Waals surface area (Å²) < 4.78 is 0. The van der Waals surface area contributed by atoms with E-state index in [1.807, 2.05) is 6.07 Å². The SMILES string of the molecule is CN(Cc1cccc(O)c1)C(=O)c1cn[nH]c1. The van der Waals surface area contributed by atoms with Crippen LogP contribution in [0.25, 0.3) is 0 Å². The van der Waals surface area contributed by atoms with Crippen molar-refractivity contribution in [3.05, 3.63) is 47.8 Å². The molecule has 1 amide bonds. The fourth-order valence-electron chi connectivity index (χ4n) is 1.59. The molecule has 5 heteroatoms. The molecule has 1 aromatic heterocycles. The summed E-state index contributed by atoms with van der Waals surface area (Å²) in [6.45, 7) is 0.443. The second-order valence-corrected chi connectivity index (χ2v) is 3.82. The maximum Gasteiger partial charge on any atom is 0.257 e. The van der Waals surface area contributed by atoms with Crippen LogP contribution in [0.1, 0.15) is 15.9 Å². The van der Waals surface area contributed by atoms with Gasteiger partial charge in [0, 0.05) is 19.8 Å². The van der Waals surface area contributed by atoms with Crippen molar-refractivity contribution in [2.75, 3.05) is 7.05 Å². The number of aromatic nitrogens is 2. The fraction of sp³-hybridized carbons (Fsp3) is 0.167. The van der Waals surface area contributed by atoms with Crippen molar-refractivity contribution in [3.8, 4) is 5.75 Å². The van der Waals surface area contributed by atoms with E-state index in [2.05, 4.69) is 10.2 Å². The first-order chi connectivity index (χ1) is 8.16. The Balaban J connectivity index is 2.07. The van der Waals surface area contributed by atoms with E-state index in [1.54, 1.807) is 36.3 Å². The Bertz CT molecular complexity index is 508. The van der Waals surface area contributed by atoms with E-state index in [-0.39, 0.29) is 11.7 Å². The van der Waals surface area contributed by atoms with Gasteiger partial charge in [0.25, 0.3) is 5.91 Å². The van der Waals surface area contributed by atoms with Crippen LogP contribution in [0.4, 0.5) is 0 Å². The Hall–Kier alpha value is -2.30. The summed E-state index contributed by atoms with van der Waals surface area (Å²) in [6.07, 6.45) is 3.04. The number of phenolic OH excluding ortho intramolecular Hbond substituents is 1. The number of nitrogens with zero attached hydrogens (tertiary/aromatic N) is 2. The van der Waals surface area contributed by atoms with Crippen molar-refractivity contribution in [3.63, 3.8) is 0 Å². The number of aromatic hydroxyl groups is 1. The van der Waals surface area contributed by atoms with Crippen LogP contribution in [0, 0.1) is 0 Å². The summed E-state index contributed by atoms with van der Waals surface area (Å²) in [5, 5.41) is 15.7. The van der Waals surface area contributed by atoms with Gasteiger partial charge in [-0.05, 0) is 17.7 Å². The summed E-state index contributed by atoms with van der Waals surface area (Å²) in [4.78, 5) is 13.5. The summed E-state index contributed by atoms with van der Waals surface area (Å²) in [5.74, 6) is 0.0914. The zero-order valence-electron chi connectivity index (χ0n) is 9.42. The van der Waals surface area contributed by atoms with E-state index >= 15 is 0 Å². The summed E-state index contributed by atoms with van der Waals surface area (Å²) >= 11 is 0. The third-order valence-corrected chi connectivity index (χ3v) is 2.42. The van der Waals surface area contributed by atoms with E-state index in [1.165, 1.54) is 6.20 Å². The second kappa shape index (κ2) is 4.69. The molecule has 0 aliphatic heterocycles. The highest BCUT2D eigenvalue weighted by Gasteiger charge is 2.12. The Kier molecular flexibility index (Phi) is 3.09. The van der Waals surface area contributed by atoms with Gasteiger partial charge in [-0.3, -0.25) is 9.89 Å². The average Bonchev–Trinajstić information content (AvgIpc) is 2.81. The summed E-state index contributed by atoms with van der Waals surface area (Å²) in [7, 11) is 1.71. The third-order valence-electron chi connectivity index (χ3n) is 2.42. The molecule has 1 heterocycles. The van der Waals surface area contributed by atoms with Crippen LogP contribution in [0.5, 0.6) is 5.75 Å². The first-order valence-electron chi connectivity index (χ1n) is 5.19. The lowest BCUT2D eigenvalue weighted by molar-refractivity contribution is 0.0785. The lowest BCUT2D eigenvalue weighted by Gasteiger charge is -2.16. The minimum Gasteiger partial charge on any atom is -0.508 e. The quantitative estimate of drug-likeness (QED) is 0.838. The first kappa shape index (κ1) is 11.2. The molecule has 5 nitrogen and oxygen atoms in total. The van der Waals surface area contributed by atoms with Crippen LogP contribution >= 0.6 is 0 Å². The number of carbonyl (C=O) groups excluding carboxylic acids is 1. The average molecular weight is 231 g/mol. The number of benzene rings is 1. The second-order valence-electron chi connectivity index (χ2n) is 3.82. The predicted molar refractivity (Wildman–Crippen MR) is 62.5 cm³/mol. The molecule has 1 aromatic carbocycles. The highest BCUT2D eigenvalue weighted by Crippen LogP contribution is 2.13. The van der Waals surface area contributed by atoms with Crippen molar-refractivity contribution >= 4 is 5.91 Å². The van der Waals surface area contributed by atoms with Crippen LogP contribution in [-0.2, 0) is 6.54 Å². The number of nitrogens with one attached hydrogen (secondary N) is 1. The molecule has 0 saturated carbocycles. The van der Waals surface area contributed by atoms with Crippen LogP contribution in [0.3, 0.4) is 0 Å². The van der Waals surface area contributed by atoms with Gasteiger partial charge >= 0.3 is 0 Å². The minimum absolute atomic E-state index is 0.109. The molecule has 2 N–H and O–H groups in total. The van der Waals surface area contributed by atoms with Gasteiger partial charge in [0.05, 0.1) is 11.8 Å². The zero-order chi connectivity index (χ0) is 12.3. The molecular weight excluding hydrogens is 218 g/mol. The number of H-pyrrole nitrogens is 1. The fourth-order valence-corrected chi connectivity index (χ4v) is 1.59. The molecule has 0 unspecified atom stereocenters. The number of hydrogen-bond donors (Lipinski definition) is 2. The van der Waals surface area contributed by atoms with Crippen LogP contribution < -0.4 is 0 Å². The van der Waals surface area contributed by atoms with E-state index in [0.29, 0.717) is 12.1 Å². The van der Waals surface area contributed by atoms with Gasteiger partial charge in [-0.2, -0.15) is 5.10 Å². The van der Waals surface area contributed by atoms with Gasteiger partial charge in [-0.15, -0.1) is 0 Å². The van der Waals surface area contributed by atoms with Gasteiger partial charge < -0.3 is 10.0 Å². The van der Waals surface area contributed by atoms with Crippen molar-refractivity contribution in [1.82, 2.24) is 15.1 Å². The topological polar surface area (TPSA) is 69.2 Å². The monoisotopic (exact) mass is 231 g/mol. The maximum absolute atomic E-state index is 11.9. The molecule has 88 valence electrons. The zero-order valence-corrected chi connectivity index (χ0v) is 9.42. The molecule has 2 aromatic rings. The van der Waals surface area contributed by atoms with Gasteiger partial charge in [-0.1, -0.05) is 12.1 Å². The molecular formula is C12H13N3O2. The number of aromatic amines is 1. The van der Waals surface area contributed by atoms with Crippen LogP contribution in [-0.4, -0.2) is 33.2 Å². The number of hydrogen-bond acceptors (Lipinski definition) is 3. The highest BCUT2D eigenvalue weighted by atomic mass is 16.3. The standard InChI is InChI=1S/C12H13N3O2/c1-15(12(17)10-6-13-14-7-10)8-9-3-2-4-11(16)5-9/h2-7,16H,8H2,1H3,(H,13,14). The molecule has 0 atom stereocenters. The Labute approximate surface area is 98.7 Å². The smallest absolute Gasteiger partial charge is 0.257 e. The van der Waals surface area contributed by atoms with Gasteiger partial charge in [0.15, 0.2) is 0 Å². The van der Waals surface area contributed by atoms with E-state index in [4.69, 9.17) is 0 Å². The van der Waals surface area contributed by atoms with Crippen LogP contribution in [0.15, 0.2) is 36.7 Å². The van der Waals surface area contributed by atoms with E-state index < -0.39 is 0 Å². The van der Waals surface area contributed by atoms with Crippen molar-refractivity contribution in [2.24, 2.45) is 0 Å². The van der Waals surface area contributed by atoms with Crippen molar-refractivity contribution in [2.45, 2.75) is 6.54 Å². The predicted octanol–water partition coefficient (Wildman–Crippen LogP) is 1.39. The molecule has 0 aliphatic carbocycles. The lowest BCUT2D eigenvalue weighted by Crippen LogP contribution is -2.25. The minimum atomic E-state index is -0.109. The molecule has 0 aliphatic rings. The Morgan fingerprint density at radius 1 is 1.53 bits per heavy atom. The number of carbonyl (C=O) groups is 1. The molecule has 0 bridgehead atoms. The number of rotatable bonds is 3. The maximum atomic E-state index is 11.9. The summed E-state index contributed by atoms with van der Waals surface area (Å²) in [5.41, 5.74) is 1.40. The van der Waals surface area contributed by atoms with Gasteiger partial charge in [0.1, 0.15) is 5.75 Å². The van der Waals surface area contributed by atoms with Crippen molar-refractivity contribution in [1.29, 1.82) is 0 Å². The molecule has 0 spiro atoms. The number of phenols is 1. The Morgan fingerprint density at radius 2 is 2.35 bits per heavy atom. The first-order valence-corrected chi connectivity index (χ1v) is 5.19. The van der Waals surface area contributed by atoms with Crippen molar-refractivity contribution < 1.29 is 9.90 Å². The van der Waals surface area contributed by atoms with E-state index in [0.717, 1.165) is 5.56 Å². The number of amides is 1. The van der Waals surface area contributed by atoms with Gasteiger partial charge in [-0.25, -0.2) is 0 Å². The Morgan fingerprint density at radius 3 is 3.00 bits per heavy atom. The van der Waals surface area contributed by atoms with Gasteiger partial charge in [0.2, 0.25) is 0 Å². The molecule has 17 heavy (non-hydrogen) atoms. The molecule has 0 fully saturated rings. The van der Waals surface area contributed by atoms with E-state index in [9.17, 15) is 9.90 Å². The molecule has 2 rings (SSSR count). The molecule has 0 saturated heterocycles. The highest BCUT2D eigenvalue weighted by molar-refractivity contribution is 5.93.